The summed E-state index contributed by atoms with van der Waals surface area (Å²) in [4.78, 5) is 34.7. The molecule has 0 amide bonds. The molecule has 0 aliphatic heterocycles. The molecule has 0 saturated carbocycles. The number of nitrogens with two attached hydrogens (primary N) is 1. The van der Waals surface area contributed by atoms with Crippen molar-refractivity contribution in [3.05, 3.63) is 12.2 Å². The van der Waals surface area contributed by atoms with Crippen molar-refractivity contribution in [1.82, 2.24) is 0 Å². The predicted octanol–water partition coefficient (Wildman–Crippen LogP) is 10.7. The van der Waals surface area contributed by atoms with Crippen LogP contribution in [0, 0.1) is 0 Å². The van der Waals surface area contributed by atoms with Gasteiger partial charge in [0.25, 0.3) is 0 Å². The van der Waals surface area contributed by atoms with Crippen LogP contribution in [0.15, 0.2) is 12.2 Å². The van der Waals surface area contributed by atoms with Crippen LogP contribution in [-0.4, -0.2) is 49.3 Å². The summed E-state index contributed by atoms with van der Waals surface area (Å²) >= 11 is 0. The van der Waals surface area contributed by atoms with Gasteiger partial charge in [0.15, 0.2) is 6.10 Å². The van der Waals surface area contributed by atoms with E-state index in [4.69, 9.17) is 24.3 Å². The molecule has 0 heterocycles. The Balaban J connectivity index is 4.15. The summed E-state index contributed by atoms with van der Waals surface area (Å²) in [6.45, 7) is 3.69. The minimum atomic E-state index is -4.37. The van der Waals surface area contributed by atoms with Gasteiger partial charge in [-0.1, -0.05) is 154 Å². The quantitative estimate of drug-likeness (QED) is 0.0280. The maximum Gasteiger partial charge on any atom is 0.472 e. The van der Waals surface area contributed by atoms with Crippen molar-refractivity contribution in [2.24, 2.45) is 5.73 Å². The summed E-state index contributed by atoms with van der Waals surface area (Å²) in [7, 11) is -4.37. The Morgan fingerprint density at radius 2 is 1.04 bits per heavy atom. The van der Waals surface area contributed by atoms with E-state index in [-0.39, 0.29) is 38.6 Å². The molecular formula is C38H74NO8P. The number of hydrogen-bond acceptors (Lipinski definition) is 8. The highest BCUT2D eigenvalue weighted by atomic mass is 31.2. The Bertz CT molecular complexity index is 810. The van der Waals surface area contributed by atoms with Gasteiger partial charge < -0.3 is 20.1 Å². The first kappa shape index (κ1) is 46.8. The number of rotatable bonds is 37. The number of hydrogen-bond donors (Lipinski definition) is 2. The fourth-order valence-corrected chi connectivity index (χ4v) is 6.20. The highest BCUT2D eigenvalue weighted by Gasteiger charge is 2.25. The smallest absolute Gasteiger partial charge is 0.462 e. The van der Waals surface area contributed by atoms with Gasteiger partial charge in [0.05, 0.1) is 13.2 Å². The van der Waals surface area contributed by atoms with Crippen molar-refractivity contribution < 1.29 is 37.6 Å². The first-order chi connectivity index (χ1) is 23.3. The molecule has 0 rings (SSSR count). The third-order valence-electron chi connectivity index (χ3n) is 8.40. The van der Waals surface area contributed by atoms with Gasteiger partial charge in [-0.2, -0.15) is 0 Å². The fourth-order valence-electron chi connectivity index (χ4n) is 5.44. The van der Waals surface area contributed by atoms with E-state index in [2.05, 4.69) is 26.0 Å². The molecule has 0 aromatic heterocycles. The number of phosphoric acid groups is 1. The van der Waals surface area contributed by atoms with Gasteiger partial charge in [0.1, 0.15) is 6.61 Å². The fraction of sp³-hybridized carbons (Fsp3) is 0.895. The lowest BCUT2D eigenvalue weighted by Gasteiger charge is -2.19. The standard InChI is InChI=1S/C38H74NO8P/c1-3-5-7-9-11-13-15-16-17-18-19-21-22-24-26-28-30-37(40)44-34-36(35-46-48(42,43)45-33-32-39)47-38(41)31-29-27-25-23-20-14-12-10-8-6-4-2/h10,12,36H,3-9,11,13-35,39H2,1-2H3,(H,42,43)/b12-10-/t36-/m1/s1. The van der Waals surface area contributed by atoms with Crippen LogP contribution >= 0.6 is 7.82 Å². The molecule has 0 fully saturated rings. The Hall–Kier alpha value is -1.25. The van der Waals surface area contributed by atoms with Crippen LogP contribution in [0.1, 0.15) is 187 Å². The highest BCUT2D eigenvalue weighted by molar-refractivity contribution is 7.47. The summed E-state index contributed by atoms with van der Waals surface area (Å²) in [6.07, 6.45) is 33.8. The molecule has 48 heavy (non-hydrogen) atoms. The molecule has 0 aliphatic rings. The zero-order valence-corrected chi connectivity index (χ0v) is 31.9. The largest absolute Gasteiger partial charge is 0.472 e. The van der Waals surface area contributed by atoms with Gasteiger partial charge in [0, 0.05) is 19.4 Å². The van der Waals surface area contributed by atoms with Crippen LogP contribution in [0.5, 0.6) is 0 Å². The summed E-state index contributed by atoms with van der Waals surface area (Å²) in [6, 6.07) is 0. The number of carbonyl (C=O) groups is 2. The molecule has 2 atom stereocenters. The average molecular weight is 704 g/mol. The van der Waals surface area contributed by atoms with Gasteiger partial charge in [0.2, 0.25) is 0 Å². The summed E-state index contributed by atoms with van der Waals surface area (Å²) in [5.74, 6) is -0.833. The van der Waals surface area contributed by atoms with E-state index in [0.717, 1.165) is 57.8 Å². The van der Waals surface area contributed by atoms with Crippen LogP contribution in [-0.2, 0) is 32.7 Å². The number of ether oxygens (including phenoxy) is 2. The lowest BCUT2D eigenvalue weighted by atomic mass is 10.0. The molecule has 10 heteroatoms. The van der Waals surface area contributed by atoms with Crippen molar-refractivity contribution in [2.45, 2.75) is 193 Å². The Kier molecular flexibility index (Phi) is 34.6. The molecule has 0 saturated heterocycles. The normalized spacial score (nSPS) is 13.5. The number of phosphoric ester groups is 1. The lowest BCUT2D eigenvalue weighted by molar-refractivity contribution is -0.161. The van der Waals surface area contributed by atoms with E-state index >= 15 is 0 Å². The number of allylic oxidation sites excluding steroid dienone is 2. The number of esters is 2. The minimum Gasteiger partial charge on any atom is -0.462 e. The first-order valence-electron chi connectivity index (χ1n) is 19.7. The third-order valence-corrected chi connectivity index (χ3v) is 9.39. The number of carbonyl (C=O) groups excluding carboxylic acids is 2. The van der Waals surface area contributed by atoms with Gasteiger partial charge in [-0.05, 0) is 32.1 Å². The van der Waals surface area contributed by atoms with Crippen molar-refractivity contribution in [1.29, 1.82) is 0 Å². The topological polar surface area (TPSA) is 134 Å². The van der Waals surface area contributed by atoms with E-state index in [1.54, 1.807) is 0 Å². The molecule has 3 N–H and O–H groups in total. The van der Waals surface area contributed by atoms with Crippen LogP contribution in [0.4, 0.5) is 0 Å². The zero-order chi connectivity index (χ0) is 35.4. The SMILES string of the molecule is CCCC/C=C\CCCCCCCC(=O)O[C@H](COC(=O)CCCCCCCCCCCCCCCCCC)COP(=O)(O)OCCN. The molecular weight excluding hydrogens is 629 g/mol. The molecule has 0 aliphatic carbocycles. The van der Waals surface area contributed by atoms with Crippen molar-refractivity contribution >= 4 is 19.8 Å². The molecule has 9 nitrogen and oxygen atoms in total. The molecule has 0 spiro atoms. The molecule has 0 aromatic rings. The summed E-state index contributed by atoms with van der Waals surface area (Å²) in [5.41, 5.74) is 5.33. The predicted molar refractivity (Wildman–Crippen MR) is 197 cm³/mol. The molecule has 1 unspecified atom stereocenters. The summed E-state index contributed by atoms with van der Waals surface area (Å²) < 4.78 is 32.6. The Morgan fingerprint density at radius 3 is 1.54 bits per heavy atom. The van der Waals surface area contributed by atoms with Crippen molar-refractivity contribution in [3.8, 4) is 0 Å². The molecule has 0 bridgehead atoms. The van der Waals surface area contributed by atoms with Gasteiger partial charge >= 0.3 is 19.8 Å². The molecule has 0 aromatic carbocycles. The molecule has 0 radical (unpaired) electrons. The average Bonchev–Trinajstić information content (AvgIpc) is 3.07. The van der Waals surface area contributed by atoms with Crippen LogP contribution in [0.25, 0.3) is 0 Å². The zero-order valence-electron chi connectivity index (χ0n) is 31.0. The Labute approximate surface area is 294 Å². The molecule has 284 valence electrons. The first-order valence-corrected chi connectivity index (χ1v) is 21.2. The van der Waals surface area contributed by atoms with E-state index in [9.17, 15) is 19.0 Å². The number of unbranched alkanes of at least 4 members (excludes halogenated alkanes) is 22. The third kappa shape index (κ3) is 34.6. The van der Waals surface area contributed by atoms with E-state index in [0.29, 0.717) is 6.42 Å². The van der Waals surface area contributed by atoms with Gasteiger partial charge in [-0.15, -0.1) is 0 Å². The minimum absolute atomic E-state index is 0.0545. The maximum atomic E-state index is 12.5. The van der Waals surface area contributed by atoms with E-state index in [1.165, 1.54) is 96.3 Å². The Morgan fingerprint density at radius 1 is 0.604 bits per heavy atom. The van der Waals surface area contributed by atoms with Crippen LogP contribution < -0.4 is 5.73 Å². The van der Waals surface area contributed by atoms with Crippen LogP contribution in [0.2, 0.25) is 0 Å². The second kappa shape index (κ2) is 35.6. The lowest BCUT2D eigenvalue weighted by Crippen LogP contribution is -2.29. The van der Waals surface area contributed by atoms with Gasteiger partial charge in [-0.3, -0.25) is 18.6 Å². The highest BCUT2D eigenvalue weighted by Crippen LogP contribution is 2.43. The van der Waals surface area contributed by atoms with Crippen molar-refractivity contribution in [2.75, 3.05) is 26.4 Å². The summed E-state index contributed by atoms with van der Waals surface area (Å²) in [5, 5.41) is 0. The van der Waals surface area contributed by atoms with Crippen molar-refractivity contribution in [3.63, 3.8) is 0 Å². The van der Waals surface area contributed by atoms with Gasteiger partial charge in [-0.25, -0.2) is 4.57 Å². The van der Waals surface area contributed by atoms with E-state index < -0.39 is 26.5 Å². The monoisotopic (exact) mass is 704 g/mol. The van der Waals surface area contributed by atoms with E-state index in [1.807, 2.05) is 0 Å². The second-order valence-corrected chi connectivity index (χ2v) is 14.6. The second-order valence-electron chi connectivity index (χ2n) is 13.2. The maximum absolute atomic E-state index is 12.5. The van der Waals surface area contributed by atoms with Crippen LogP contribution in [0.3, 0.4) is 0 Å².